The summed E-state index contributed by atoms with van der Waals surface area (Å²) in [5.74, 6) is 0.0964. The maximum atomic E-state index is 12.3. The van der Waals surface area contributed by atoms with E-state index in [0.717, 1.165) is 0 Å². The van der Waals surface area contributed by atoms with Crippen LogP contribution < -0.4 is 14.8 Å². The number of carbonyl (C=O) groups excluding carboxylic acids is 1. The van der Waals surface area contributed by atoms with Gasteiger partial charge < -0.3 is 14.8 Å². The number of ether oxygens (including phenoxy) is 2. The fourth-order valence-electron chi connectivity index (χ4n) is 2.16. The minimum absolute atomic E-state index is 0.0859. The lowest BCUT2D eigenvalue weighted by atomic mass is 10.2. The first-order chi connectivity index (χ1) is 12.5. The second-order valence-corrected chi connectivity index (χ2v) is 5.23. The summed E-state index contributed by atoms with van der Waals surface area (Å²) in [5.41, 5.74) is 0.280. The van der Waals surface area contributed by atoms with Gasteiger partial charge in [-0.25, -0.2) is 0 Å². The molecule has 1 atom stereocenters. The van der Waals surface area contributed by atoms with Crippen LogP contribution >= 0.6 is 0 Å². The molecule has 0 saturated carbocycles. The third-order valence-electron chi connectivity index (χ3n) is 3.40. The molecule has 2 aromatic rings. The van der Waals surface area contributed by atoms with Crippen molar-refractivity contribution in [2.45, 2.75) is 20.0 Å². The van der Waals surface area contributed by atoms with Gasteiger partial charge in [-0.15, -0.1) is 0 Å². The molecule has 0 aliphatic heterocycles. The molecule has 1 N–H and O–H groups in total. The van der Waals surface area contributed by atoms with Crippen molar-refractivity contribution in [3.63, 3.8) is 0 Å². The van der Waals surface area contributed by atoms with Crippen molar-refractivity contribution in [1.82, 2.24) is 0 Å². The molecule has 2 rings (SSSR count). The summed E-state index contributed by atoms with van der Waals surface area (Å²) in [5, 5.41) is 22.5. The molecular formula is C18H17N3O5. The van der Waals surface area contributed by atoms with E-state index in [0.29, 0.717) is 23.7 Å². The molecule has 26 heavy (non-hydrogen) atoms. The zero-order valence-electron chi connectivity index (χ0n) is 14.3. The number of para-hydroxylation sites is 2. The van der Waals surface area contributed by atoms with Crippen LogP contribution in [0.3, 0.4) is 0 Å². The number of nitro benzene ring substituents is 1. The molecule has 0 heterocycles. The van der Waals surface area contributed by atoms with Gasteiger partial charge in [-0.05, 0) is 32.0 Å². The Kier molecular flexibility index (Phi) is 6.11. The molecule has 0 aliphatic carbocycles. The highest BCUT2D eigenvalue weighted by Gasteiger charge is 2.21. The molecule has 8 nitrogen and oxygen atoms in total. The van der Waals surface area contributed by atoms with Crippen LogP contribution in [-0.4, -0.2) is 23.5 Å². The molecule has 0 bridgehead atoms. The van der Waals surface area contributed by atoms with Crippen molar-refractivity contribution in [3.05, 3.63) is 58.1 Å². The van der Waals surface area contributed by atoms with E-state index < -0.39 is 16.9 Å². The van der Waals surface area contributed by atoms with Gasteiger partial charge in [0.2, 0.25) is 0 Å². The molecule has 0 unspecified atom stereocenters. The Bertz CT molecular complexity index is 860. The van der Waals surface area contributed by atoms with Crippen molar-refractivity contribution in [1.29, 1.82) is 5.26 Å². The van der Waals surface area contributed by atoms with E-state index >= 15 is 0 Å². The highest BCUT2D eigenvalue weighted by molar-refractivity contribution is 5.96. The van der Waals surface area contributed by atoms with Gasteiger partial charge in [-0.1, -0.05) is 12.1 Å². The van der Waals surface area contributed by atoms with Gasteiger partial charge >= 0.3 is 0 Å². The minimum Gasteiger partial charge on any atom is -0.490 e. The summed E-state index contributed by atoms with van der Waals surface area (Å²) in [4.78, 5) is 22.8. The van der Waals surface area contributed by atoms with Gasteiger partial charge in [0, 0.05) is 12.1 Å². The molecule has 8 heteroatoms. The number of hydrogen-bond acceptors (Lipinski definition) is 6. The number of nitrogens with one attached hydrogen (secondary N) is 1. The van der Waals surface area contributed by atoms with Crippen LogP contribution in [0, 0.1) is 21.4 Å². The van der Waals surface area contributed by atoms with Crippen molar-refractivity contribution >= 4 is 17.3 Å². The Morgan fingerprint density at radius 2 is 2.04 bits per heavy atom. The minimum atomic E-state index is -0.943. The van der Waals surface area contributed by atoms with Crippen molar-refractivity contribution < 1.29 is 19.2 Å². The standard InChI is InChI=1S/C18H17N3O5/c1-3-25-17-10-13(11-19)8-9-16(17)26-12(2)18(22)20-14-6-4-5-7-15(14)21(23)24/h4-10,12H,3H2,1-2H3,(H,20,22)/t12-/m0/s1. The summed E-state index contributed by atoms with van der Waals surface area (Å²) in [6.45, 7) is 3.66. The Labute approximate surface area is 150 Å². The first-order valence-corrected chi connectivity index (χ1v) is 7.84. The number of benzene rings is 2. The van der Waals surface area contributed by atoms with Gasteiger partial charge in [-0.2, -0.15) is 5.26 Å². The molecule has 0 aromatic heterocycles. The van der Waals surface area contributed by atoms with Crippen LogP contribution in [0.1, 0.15) is 19.4 Å². The van der Waals surface area contributed by atoms with E-state index in [-0.39, 0.29) is 11.4 Å². The molecule has 2 aromatic carbocycles. The SMILES string of the molecule is CCOc1cc(C#N)ccc1O[C@@H](C)C(=O)Nc1ccccc1[N+](=O)[O-]. The van der Waals surface area contributed by atoms with Gasteiger partial charge in [0.15, 0.2) is 17.6 Å². The lowest BCUT2D eigenvalue weighted by Crippen LogP contribution is -2.30. The van der Waals surface area contributed by atoms with E-state index in [1.165, 1.54) is 37.3 Å². The smallest absolute Gasteiger partial charge is 0.292 e. The number of anilines is 1. The number of nitro groups is 1. The second kappa shape index (κ2) is 8.48. The fourth-order valence-corrected chi connectivity index (χ4v) is 2.16. The summed E-state index contributed by atoms with van der Waals surface area (Å²) in [7, 11) is 0. The van der Waals surface area contributed by atoms with Gasteiger partial charge in [-0.3, -0.25) is 14.9 Å². The molecule has 0 radical (unpaired) electrons. The Morgan fingerprint density at radius 1 is 1.31 bits per heavy atom. The molecule has 1 amide bonds. The summed E-state index contributed by atoms with van der Waals surface area (Å²) < 4.78 is 11.0. The second-order valence-electron chi connectivity index (χ2n) is 5.23. The van der Waals surface area contributed by atoms with E-state index in [9.17, 15) is 14.9 Å². The quantitative estimate of drug-likeness (QED) is 0.602. The van der Waals surface area contributed by atoms with E-state index in [4.69, 9.17) is 14.7 Å². The summed E-state index contributed by atoms with van der Waals surface area (Å²) in [6, 6.07) is 12.4. The average molecular weight is 355 g/mol. The zero-order chi connectivity index (χ0) is 19.1. The first-order valence-electron chi connectivity index (χ1n) is 7.84. The number of nitrogens with zero attached hydrogens (tertiary/aromatic N) is 2. The van der Waals surface area contributed by atoms with Crippen LogP contribution in [0.25, 0.3) is 0 Å². The maximum Gasteiger partial charge on any atom is 0.292 e. The van der Waals surface area contributed by atoms with Crippen molar-refractivity contribution in [2.75, 3.05) is 11.9 Å². The Hall–Kier alpha value is -3.60. The Balaban J connectivity index is 2.15. The van der Waals surface area contributed by atoms with E-state index in [2.05, 4.69) is 5.32 Å². The van der Waals surface area contributed by atoms with Crippen LogP contribution in [0.4, 0.5) is 11.4 Å². The molecule has 0 spiro atoms. The predicted molar refractivity (Wildman–Crippen MR) is 94.1 cm³/mol. The number of amides is 1. The number of nitriles is 1. The Morgan fingerprint density at radius 3 is 2.69 bits per heavy atom. The van der Waals surface area contributed by atoms with Crippen LogP contribution in [0.5, 0.6) is 11.5 Å². The summed E-state index contributed by atoms with van der Waals surface area (Å²) in [6.07, 6.45) is -0.943. The van der Waals surface area contributed by atoms with Gasteiger partial charge in [0.05, 0.1) is 23.2 Å². The summed E-state index contributed by atoms with van der Waals surface area (Å²) >= 11 is 0. The van der Waals surface area contributed by atoms with Crippen molar-refractivity contribution in [2.24, 2.45) is 0 Å². The van der Waals surface area contributed by atoms with Crippen LogP contribution in [-0.2, 0) is 4.79 Å². The van der Waals surface area contributed by atoms with Crippen LogP contribution in [0.2, 0.25) is 0 Å². The normalized spacial score (nSPS) is 11.1. The number of carbonyl (C=O) groups is 1. The lowest BCUT2D eigenvalue weighted by Gasteiger charge is -2.17. The predicted octanol–water partition coefficient (Wildman–Crippen LogP) is 3.27. The van der Waals surface area contributed by atoms with Gasteiger partial charge in [0.25, 0.3) is 11.6 Å². The molecule has 0 fully saturated rings. The largest absolute Gasteiger partial charge is 0.490 e. The average Bonchev–Trinajstić information content (AvgIpc) is 2.63. The lowest BCUT2D eigenvalue weighted by molar-refractivity contribution is -0.383. The molecule has 0 aliphatic rings. The van der Waals surface area contributed by atoms with E-state index in [1.54, 1.807) is 19.1 Å². The zero-order valence-corrected chi connectivity index (χ0v) is 14.3. The van der Waals surface area contributed by atoms with Gasteiger partial charge in [0.1, 0.15) is 5.69 Å². The highest BCUT2D eigenvalue weighted by Crippen LogP contribution is 2.30. The molecule has 0 saturated heterocycles. The number of rotatable bonds is 7. The maximum absolute atomic E-state index is 12.3. The molecule has 134 valence electrons. The topological polar surface area (TPSA) is 114 Å². The number of hydrogen-bond donors (Lipinski definition) is 1. The third kappa shape index (κ3) is 4.48. The van der Waals surface area contributed by atoms with E-state index in [1.807, 2.05) is 6.07 Å². The molecular weight excluding hydrogens is 338 g/mol. The monoisotopic (exact) mass is 355 g/mol. The first kappa shape index (κ1) is 18.7. The highest BCUT2D eigenvalue weighted by atomic mass is 16.6. The van der Waals surface area contributed by atoms with Crippen LogP contribution in [0.15, 0.2) is 42.5 Å². The third-order valence-corrected chi connectivity index (χ3v) is 3.40. The fraction of sp³-hybridized carbons (Fsp3) is 0.222. The van der Waals surface area contributed by atoms with Crippen molar-refractivity contribution in [3.8, 4) is 17.6 Å².